The first-order valence-corrected chi connectivity index (χ1v) is 2.96. The smallest absolute Gasteiger partial charge is 0.153 e. The average molecular weight is 154 g/mol. The van der Waals surface area contributed by atoms with Crippen LogP contribution < -0.4 is 4.74 Å². The number of hydrogen-bond acceptors (Lipinski definition) is 2. The maximum Gasteiger partial charge on any atom is 0.153 e. The summed E-state index contributed by atoms with van der Waals surface area (Å²) in [5.41, 5.74) is 0.588. The summed E-state index contributed by atoms with van der Waals surface area (Å²) in [6, 6.07) is 7.09. The number of aldehydes is 1. The lowest BCUT2D eigenvalue weighted by molar-refractivity contribution is 0.112. The number of ether oxygens (including phenoxy) is 1. The first kappa shape index (κ1) is 9.65. The van der Waals surface area contributed by atoms with Crippen LogP contribution in [0.3, 0.4) is 0 Å². The van der Waals surface area contributed by atoms with Crippen LogP contribution in [0.5, 0.6) is 5.75 Å². The van der Waals surface area contributed by atoms with Gasteiger partial charge in [0.15, 0.2) is 6.29 Å². The molecule has 0 saturated carbocycles. The highest BCUT2D eigenvalue weighted by atomic mass is 16.5. The van der Waals surface area contributed by atoms with E-state index in [1.165, 1.54) is 0 Å². The van der Waals surface area contributed by atoms with Crippen LogP contribution in [0.15, 0.2) is 24.3 Å². The van der Waals surface area contributed by atoms with E-state index in [4.69, 9.17) is 4.74 Å². The highest BCUT2D eigenvalue weighted by Gasteiger charge is 1.96. The number of benzene rings is 1. The van der Waals surface area contributed by atoms with Crippen molar-refractivity contribution in [2.24, 2.45) is 0 Å². The van der Waals surface area contributed by atoms with Crippen molar-refractivity contribution in [3.05, 3.63) is 29.8 Å². The Morgan fingerprint density at radius 2 is 2.00 bits per heavy atom. The summed E-state index contributed by atoms with van der Waals surface area (Å²) in [6.45, 7) is 0. The van der Waals surface area contributed by atoms with Gasteiger partial charge >= 0.3 is 0 Å². The maximum atomic E-state index is 10.3. The molecule has 11 heavy (non-hydrogen) atoms. The van der Waals surface area contributed by atoms with Crippen molar-refractivity contribution >= 4 is 6.29 Å². The predicted octanol–water partition coefficient (Wildman–Crippen LogP) is 0.683. The van der Waals surface area contributed by atoms with E-state index in [-0.39, 0.29) is 5.48 Å². The van der Waals surface area contributed by atoms with Crippen LogP contribution in [0.4, 0.5) is 0 Å². The van der Waals surface area contributed by atoms with E-state index in [0.717, 1.165) is 6.29 Å². The predicted molar refractivity (Wildman–Crippen MR) is 42.0 cm³/mol. The summed E-state index contributed by atoms with van der Waals surface area (Å²) < 4.78 is 4.90. The summed E-state index contributed by atoms with van der Waals surface area (Å²) in [4.78, 5) is 10.3. The first-order chi connectivity index (χ1) is 4.88. The van der Waals surface area contributed by atoms with E-state index >= 15 is 0 Å². The summed E-state index contributed by atoms with van der Waals surface area (Å²) >= 11 is 0. The second kappa shape index (κ2) is 4.46. The zero-order valence-electron chi connectivity index (χ0n) is 6.20. The normalized spacial score (nSPS) is 8.09. The quantitative estimate of drug-likeness (QED) is 0.588. The van der Waals surface area contributed by atoms with Crippen molar-refractivity contribution in [3.8, 4) is 5.75 Å². The molecule has 0 bridgehead atoms. The van der Waals surface area contributed by atoms with Gasteiger partial charge in [0, 0.05) is 0 Å². The first-order valence-electron chi connectivity index (χ1n) is 2.96. The van der Waals surface area contributed by atoms with Crippen molar-refractivity contribution in [2.75, 3.05) is 7.11 Å². The molecule has 1 rings (SSSR count). The molecule has 0 aliphatic heterocycles. The number of hydrogen-bond donors (Lipinski definition) is 0. The van der Waals surface area contributed by atoms with Crippen LogP contribution in [0.2, 0.25) is 0 Å². The van der Waals surface area contributed by atoms with Gasteiger partial charge in [0.1, 0.15) is 5.75 Å². The summed E-state index contributed by atoms with van der Waals surface area (Å²) in [5, 5.41) is 0. The Morgan fingerprint density at radius 3 is 2.45 bits per heavy atom. The minimum absolute atomic E-state index is 0. The van der Waals surface area contributed by atoms with E-state index in [1.807, 2.05) is 6.07 Å². The maximum absolute atomic E-state index is 10.3. The molecule has 3 heteroatoms. The van der Waals surface area contributed by atoms with Crippen LogP contribution >= 0.6 is 0 Å². The van der Waals surface area contributed by atoms with Crippen LogP contribution in [-0.4, -0.2) is 18.9 Å². The molecule has 0 fully saturated rings. The van der Waals surface area contributed by atoms with Crippen LogP contribution in [0.1, 0.15) is 10.4 Å². The van der Waals surface area contributed by atoms with Gasteiger partial charge in [0.2, 0.25) is 0 Å². The van der Waals surface area contributed by atoms with Crippen LogP contribution in [0.25, 0.3) is 0 Å². The van der Waals surface area contributed by atoms with Crippen LogP contribution in [-0.2, 0) is 0 Å². The highest BCUT2D eigenvalue weighted by molar-refractivity contribution is 5.79. The minimum Gasteiger partial charge on any atom is -0.496 e. The zero-order valence-corrected chi connectivity index (χ0v) is 6.20. The second-order valence-corrected chi connectivity index (χ2v) is 1.86. The molecule has 0 aliphatic rings. The zero-order chi connectivity index (χ0) is 7.40. The monoisotopic (exact) mass is 154 g/mol. The van der Waals surface area contributed by atoms with Gasteiger partial charge in [0.25, 0.3) is 0 Å². The van der Waals surface area contributed by atoms with Gasteiger partial charge in [-0.05, 0) is 12.1 Å². The van der Waals surface area contributed by atoms with E-state index < -0.39 is 0 Å². The molecule has 0 aromatic heterocycles. The Labute approximate surface area is 64.9 Å². The Bertz CT molecular complexity index is 233. The molecule has 1 aromatic carbocycles. The summed E-state index contributed by atoms with van der Waals surface area (Å²) in [7, 11) is 1.54. The fraction of sp³-hybridized carbons (Fsp3) is 0.125. The van der Waals surface area contributed by atoms with Gasteiger partial charge in [0.05, 0.1) is 12.7 Å². The van der Waals surface area contributed by atoms with E-state index in [2.05, 4.69) is 0 Å². The molecule has 2 N–H and O–H groups in total. The van der Waals surface area contributed by atoms with E-state index in [1.54, 1.807) is 25.3 Å². The third-order valence-electron chi connectivity index (χ3n) is 1.27. The Balaban J connectivity index is 0.000001000. The minimum atomic E-state index is 0. The molecule has 3 nitrogen and oxygen atoms in total. The van der Waals surface area contributed by atoms with Crippen LogP contribution in [0, 0.1) is 0 Å². The fourth-order valence-electron chi connectivity index (χ4n) is 0.764. The topological polar surface area (TPSA) is 57.8 Å². The third kappa shape index (κ3) is 2.05. The lowest BCUT2D eigenvalue weighted by Crippen LogP contribution is -1.88. The van der Waals surface area contributed by atoms with Crippen molar-refractivity contribution in [1.82, 2.24) is 0 Å². The number of rotatable bonds is 2. The lowest BCUT2D eigenvalue weighted by atomic mass is 10.2. The molecule has 60 valence electrons. The molecule has 0 unspecified atom stereocenters. The number of carbonyl (C=O) groups excluding carboxylic acids is 1. The van der Waals surface area contributed by atoms with Crippen molar-refractivity contribution in [1.29, 1.82) is 0 Å². The molecule has 0 aliphatic carbocycles. The Morgan fingerprint density at radius 1 is 1.36 bits per heavy atom. The molecule has 0 spiro atoms. The van der Waals surface area contributed by atoms with Gasteiger partial charge in [-0.2, -0.15) is 0 Å². The molecule has 0 radical (unpaired) electrons. The third-order valence-corrected chi connectivity index (χ3v) is 1.27. The van der Waals surface area contributed by atoms with Crippen molar-refractivity contribution in [2.45, 2.75) is 0 Å². The molecule has 1 aromatic rings. The lowest BCUT2D eigenvalue weighted by Gasteiger charge is -1.99. The summed E-state index contributed by atoms with van der Waals surface area (Å²) in [5.74, 6) is 0.623. The van der Waals surface area contributed by atoms with Gasteiger partial charge in [-0.15, -0.1) is 0 Å². The Hall–Kier alpha value is -1.35. The van der Waals surface area contributed by atoms with Gasteiger partial charge in [-0.25, -0.2) is 0 Å². The standard InChI is InChI=1S/C8H8O2.H2O/c1-10-8-5-3-2-4-7(8)6-9;/h2-6H,1H3;1H2. The number of carbonyl (C=O) groups is 1. The van der Waals surface area contributed by atoms with Gasteiger partial charge in [-0.1, -0.05) is 12.1 Å². The van der Waals surface area contributed by atoms with Crippen molar-refractivity contribution in [3.63, 3.8) is 0 Å². The fourth-order valence-corrected chi connectivity index (χ4v) is 0.764. The highest BCUT2D eigenvalue weighted by Crippen LogP contribution is 2.13. The van der Waals surface area contributed by atoms with E-state index in [9.17, 15) is 4.79 Å². The molecule has 0 saturated heterocycles. The second-order valence-electron chi connectivity index (χ2n) is 1.86. The average Bonchev–Trinajstić information content (AvgIpc) is 2.04. The molecule has 0 amide bonds. The molecular weight excluding hydrogens is 144 g/mol. The molecule has 0 atom stereocenters. The van der Waals surface area contributed by atoms with Gasteiger partial charge in [-0.3, -0.25) is 4.79 Å². The summed E-state index contributed by atoms with van der Waals surface area (Å²) in [6.07, 6.45) is 0.777. The van der Waals surface area contributed by atoms with Gasteiger partial charge < -0.3 is 10.2 Å². The largest absolute Gasteiger partial charge is 0.496 e. The van der Waals surface area contributed by atoms with E-state index in [0.29, 0.717) is 11.3 Å². The SMILES string of the molecule is COc1ccccc1C=O.O. The number of para-hydroxylation sites is 1. The Kier molecular flexibility index (Phi) is 3.92. The number of methoxy groups -OCH3 is 1. The van der Waals surface area contributed by atoms with Crippen molar-refractivity contribution < 1.29 is 15.0 Å². The molecule has 0 heterocycles. The molecular formula is C8H10O3.